The van der Waals surface area contributed by atoms with E-state index in [0.717, 1.165) is 0 Å². The van der Waals surface area contributed by atoms with Crippen molar-refractivity contribution in [2.75, 3.05) is 26.4 Å². The number of carbonyl (C=O) groups excluding carboxylic acids is 1. The molecule has 0 saturated carbocycles. The van der Waals surface area contributed by atoms with Crippen LogP contribution in [0.4, 0.5) is 8.78 Å². The lowest BCUT2D eigenvalue weighted by Gasteiger charge is -2.24. The van der Waals surface area contributed by atoms with E-state index in [-0.39, 0.29) is 12.7 Å². The highest BCUT2D eigenvalue weighted by Crippen LogP contribution is 2.33. The molecule has 0 spiro atoms. The molecule has 1 saturated heterocycles. The summed E-state index contributed by atoms with van der Waals surface area (Å²) in [6.07, 6.45) is 1.32. The first-order valence-corrected chi connectivity index (χ1v) is 8.99. The Labute approximate surface area is 161 Å². The highest BCUT2D eigenvalue weighted by molar-refractivity contribution is 5.85. The molecule has 1 aliphatic rings. The average Bonchev–Trinajstić information content (AvgIpc) is 2.65. The fourth-order valence-corrected chi connectivity index (χ4v) is 2.67. The maximum atomic E-state index is 14.5. The lowest BCUT2D eigenvalue weighted by atomic mass is 10.0. The molecule has 1 unspecified atom stereocenters. The Morgan fingerprint density at radius 2 is 2.04 bits per heavy atom. The lowest BCUT2D eigenvalue weighted by molar-refractivity contribution is -0.185. The minimum Gasteiger partial charge on any atom is -0.489 e. The Balaban J connectivity index is 1.78. The summed E-state index contributed by atoms with van der Waals surface area (Å²) in [5.41, 5.74) is -0.962. The predicted octanol–water partition coefficient (Wildman–Crippen LogP) is 3.46. The van der Waals surface area contributed by atoms with Gasteiger partial charge in [0.25, 0.3) is 0 Å². The van der Waals surface area contributed by atoms with E-state index in [1.807, 2.05) is 0 Å². The van der Waals surface area contributed by atoms with Crippen LogP contribution in [0.15, 0.2) is 30.5 Å². The number of alkyl halides is 2. The van der Waals surface area contributed by atoms with Gasteiger partial charge in [0.2, 0.25) is 0 Å². The SMILES string of the molecule is CC(C)(C)OC(=O)C(F)(F)c1ccc2ncc(OCC3COCCO3)cc2c1. The Hall–Kier alpha value is -2.32. The summed E-state index contributed by atoms with van der Waals surface area (Å²) >= 11 is 0. The number of carbonyl (C=O) groups is 1. The van der Waals surface area contributed by atoms with Crippen molar-refractivity contribution in [3.8, 4) is 5.75 Å². The van der Waals surface area contributed by atoms with Crippen molar-refractivity contribution >= 4 is 16.9 Å². The number of hydrogen-bond acceptors (Lipinski definition) is 6. The summed E-state index contributed by atoms with van der Waals surface area (Å²) in [5, 5.41) is 0.430. The van der Waals surface area contributed by atoms with Crippen molar-refractivity contribution in [3.05, 3.63) is 36.0 Å². The van der Waals surface area contributed by atoms with E-state index >= 15 is 0 Å². The van der Waals surface area contributed by atoms with Crippen LogP contribution in [0, 0.1) is 0 Å². The molecule has 1 fully saturated rings. The van der Waals surface area contributed by atoms with Gasteiger partial charge in [-0.15, -0.1) is 0 Å². The van der Waals surface area contributed by atoms with Crippen LogP contribution >= 0.6 is 0 Å². The molecule has 2 heterocycles. The van der Waals surface area contributed by atoms with E-state index in [1.165, 1.54) is 45.2 Å². The number of ether oxygens (including phenoxy) is 4. The van der Waals surface area contributed by atoms with Crippen LogP contribution in [0.1, 0.15) is 26.3 Å². The van der Waals surface area contributed by atoms with E-state index in [1.54, 1.807) is 6.07 Å². The molecule has 1 aliphatic heterocycles. The number of pyridine rings is 1. The number of nitrogens with zero attached hydrogens (tertiary/aromatic N) is 1. The number of aromatic nitrogens is 1. The topological polar surface area (TPSA) is 66.9 Å². The molecular weight excluding hydrogens is 372 g/mol. The number of benzene rings is 1. The number of fused-ring (bicyclic) bond motifs is 1. The zero-order valence-electron chi connectivity index (χ0n) is 16.0. The molecule has 0 aliphatic carbocycles. The number of rotatable bonds is 5. The molecule has 8 heteroatoms. The van der Waals surface area contributed by atoms with Crippen molar-refractivity contribution in [3.63, 3.8) is 0 Å². The number of halogens is 2. The summed E-state index contributed by atoms with van der Waals surface area (Å²) < 4.78 is 50.4. The third kappa shape index (κ3) is 4.94. The summed E-state index contributed by atoms with van der Waals surface area (Å²) in [6, 6.07) is 5.43. The monoisotopic (exact) mass is 395 g/mol. The smallest absolute Gasteiger partial charge is 0.382 e. The van der Waals surface area contributed by atoms with Gasteiger partial charge in [-0.1, -0.05) is 6.07 Å². The Morgan fingerprint density at radius 3 is 2.71 bits per heavy atom. The van der Waals surface area contributed by atoms with Gasteiger partial charge in [-0.2, -0.15) is 8.78 Å². The third-order valence-corrected chi connectivity index (χ3v) is 3.99. The fourth-order valence-electron chi connectivity index (χ4n) is 2.67. The molecule has 6 nitrogen and oxygen atoms in total. The van der Waals surface area contributed by atoms with Crippen molar-refractivity contribution in [1.82, 2.24) is 4.98 Å². The van der Waals surface area contributed by atoms with E-state index in [2.05, 4.69) is 4.98 Å². The molecule has 28 heavy (non-hydrogen) atoms. The highest BCUT2D eigenvalue weighted by atomic mass is 19.3. The summed E-state index contributed by atoms with van der Waals surface area (Å²) in [5.74, 6) is -4.94. The zero-order valence-corrected chi connectivity index (χ0v) is 16.0. The van der Waals surface area contributed by atoms with Crippen LogP contribution in [-0.2, 0) is 24.9 Å². The summed E-state index contributed by atoms with van der Waals surface area (Å²) in [6.45, 7) is 6.38. The van der Waals surface area contributed by atoms with Crippen LogP contribution in [0.2, 0.25) is 0 Å². The second-order valence-electron chi connectivity index (χ2n) is 7.53. The van der Waals surface area contributed by atoms with E-state index in [9.17, 15) is 13.6 Å². The van der Waals surface area contributed by atoms with Gasteiger partial charge in [-0.25, -0.2) is 4.79 Å². The second-order valence-corrected chi connectivity index (χ2v) is 7.53. The summed E-state index contributed by atoms with van der Waals surface area (Å²) in [4.78, 5) is 16.1. The standard InChI is InChI=1S/C20H23F2NO5/c1-19(2,3)28-18(24)20(21,22)14-4-5-17-13(8-14)9-15(10-23-17)27-12-16-11-25-6-7-26-16/h4-5,8-10,16H,6-7,11-12H2,1-3H3. The lowest BCUT2D eigenvalue weighted by Crippen LogP contribution is -2.34. The van der Waals surface area contributed by atoms with Gasteiger partial charge in [0.1, 0.15) is 24.1 Å². The van der Waals surface area contributed by atoms with Gasteiger partial charge >= 0.3 is 11.9 Å². The first-order chi connectivity index (χ1) is 13.1. The molecule has 0 radical (unpaired) electrons. The van der Waals surface area contributed by atoms with E-state index in [0.29, 0.717) is 36.5 Å². The van der Waals surface area contributed by atoms with Crippen LogP contribution in [-0.4, -0.2) is 49.1 Å². The van der Waals surface area contributed by atoms with Crippen molar-refractivity contribution in [1.29, 1.82) is 0 Å². The quantitative estimate of drug-likeness (QED) is 0.723. The molecule has 0 bridgehead atoms. The third-order valence-electron chi connectivity index (χ3n) is 3.99. The average molecular weight is 395 g/mol. The van der Waals surface area contributed by atoms with Crippen molar-refractivity contribution < 1.29 is 32.5 Å². The molecule has 0 amide bonds. The molecule has 3 rings (SSSR count). The number of esters is 1. The molecule has 1 aromatic heterocycles. The molecule has 152 valence electrons. The van der Waals surface area contributed by atoms with Gasteiger partial charge in [0.15, 0.2) is 0 Å². The molecule has 0 N–H and O–H groups in total. The van der Waals surface area contributed by atoms with Crippen LogP contribution < -0.4 is 4.74 Å². The van der Waals surface area contributed by atoms with E-state index < -0.39 is 23.1 Å². The molecular formula is C20H23F2NO5. The van der Waals surface area contributed by atoms with Gasteiger partial charge in [0.05, 0.1) is 31.5 Å². The predicted molar refractivity (Wildman–Crippen MR) is 97.5 cm³/mol. The highest BCUT2D eigenvalue weighted by Gasteiger charge is 2.44. The van der Waals surface area contributed by atoms with Gasteiger partial charge in [-0.3, -0.25) is 4.98 Å². The van der Waals surface area contributed by atoms with Crippen molar-refractivity contribution in [2.45, 2.75) is 38.4 Å². The maximum absolute atomic E-state index is 14.5. The van der Waals surface area contributed by atoms with Crippen LogP contribution in [0.3, 0.4) is 0 Å². The largest absolute Gasteiger partial charge is 0.489 e. The molecule has 1 aromatic carbocycles. The number of hydrogen-bond donors (Lipinski definition) is 0. The van der Waals surface area contributed by atoms with E-state index in [4.69, 9.17) is 18.9 Å². The van der Waals surface area contributed by atoms with Crippen LogP contribution in [0.5, 0.6) is 5.75 Å². The zero-order chi connectivity index (χ0) is 20.4. The summed E-state index contributed by atoms with van der Waals surface area (Å²) in [7, 11) is 0. The van der Waals surface area contributed by atoms with Crippen LogP contribution in [0.25, 0.3) is 10.9 Å². The minimum absolute atomic E-state index is 0.188. The molecule has 1 atom stereocenters. The minimum atomic E-state index is -3.77. The Bertz CT molecular complexity index is 844. The van der Waals surface area contributed by atoms with Gasteiger partial charge < -0.3 is 18.9 Å². The maximum Gasteiger partial charge on any atom is 0.382 e. The first-order valence-electron chi connectivity index (χ1n) is 8.99. The van der Waals surface area contributed by atoms with Gasteiger partial charge in [-0.05, 0) is 39.0 Å². The normalized spacial score (nSPS) is 18.1. The Kier molecular flexibility index (Phi) is 5.81. The van der Waals surface area contributed by atoms with Gasteiger partial charge in [0, 0.05) is 10.9 Å². The van der Waals surface area contributed by atoms with Crippen molar-refractivity contribution in [2.24, 2.45) is 0 Å². The second kappa shape index (κ2) is 7.97. The molecule has 2 aromatic rings. The Morgan fingerprint density at radius 1 is 1.25 bits per heavy atom. The first kappa shape index (κ1) is 20.4. The fraction of sp³-hybridized carbons (Fsp3) is 0.500.